The number of nitrogens with zero attached hydrogens (tertiary/aromatic N) is 7. The SMILES string of the molecule is C[C@H]1CN(C2COC2)CCN1c1ccc(NC2CC(c3ccnc(N4CCn5c(cc6c5CC(F)(F)CC6)C4=O)c3CO)=CN(C)C2=O)nc1. The molecule has 2 amide bonds. The number of aryl methyl sites for hydroxylation is 1. The average molecular weight is 689 g/mol. The second kappa shape index (κ2) is 12.7. The van der Waals surface area contributed by atoms with Gasteiger partial charge in [0, 0.05) is 82.3 Å². The van der Waals surface area contributed by atoms with E-state index in [1.807, 2.05) is 18.3 Å². The number of hydrogen-bond acceptors (Lipinski definition) is 9. The first-order chi connectivity index (χ1) is 24.1. The Kier molecular flexibility index (Phi) is 8.35. The minimum atomic E-state index is -2.78. The van der Waals surface area contributed by atoms with Crippen LogP contribution in [-0.2, 0) is 35.5 Å². The zero-order valence-electron chi connectivity index (χ0n) is 28.3. The first kappa shape index (κ1) is 32.8. The van der Waals surface area contributed by atoms with Gasteiger partial charge in [-0.2, -0.15) is 0 Å². The molecular weight excluding hydrogens is 646 g/mol. The van der Waals surface area contributed by atoms with Gasteiger partial charge in [-0.1, -0.05) is 0 Å². The third-order valence-electron chi connectivity index (χ3n) is 10.9. The number of piperazine rings is 1. The van der Waals surface area contributed by atoms with Crippen LogP contribution >= 0.6 is 0 Å². The maximum Gasteiger partial charge on any atom is 0.276 e. The number of hydrogen-bond donors (Lipinski definition) is 2. The van der Waals surface area contributed by atoms with Gasteiger partial charge in [-0.15, -0.1) is 0 Å². The number of likely N-dealkylation sites (N-methyl/N-ethyl adjacent to an activating group) is 1. The molecule has 3 aromatic rings. The van der Waals surface area contributed by atoms with Crippen LogP contribution in [-0.4, -0.2) is 112 Å². The summed E-state index contributed by atoms with van der Waals surface area (Å²) in [4.78, 5) is 44.2. The van der Waals surface area contributed by atoms with Gasteiger partial charge in [0.2, 0.25) is 5.91 Å². The number of anilines is 3. The smallest absolute Gasteiger partial charge is 0.276 e. The van der Waals surface area contributed by atoms with E-state index in [4.69, 9.17) is 4.74 Å². The summed E-state index contributed by atoms with van der Waals surface area (Å²) in [5.74, 6) is -2.33. The Hall–Kier alpha value is -4.40. The summed E-state index contributed by atoms with van der Waals surface area (Å²) in [5.41, 5.74) is 4.66. The third-order valence-corrected chi connectivity index (χ3v) is 10.9. The van der Waals surface area contributed by atoms with Gasteiger partial charge in [0.15, 0.2) is 0 Å². The fourth-order valence-corrected chi connectivity index (χ4v) is 8.12. The van der Waals surface area contributed by atoms with Crippen molar-refractivity contribution < 1.29 is 28.2 Å². The number of aromatic nitrogens is 3. The van der Waals surface area contributed by atoms with E-state index in [2.05, 4.69) is 32.0 Å². The largest absolute Gasteiger partial charge is 0.392 e. The van der Waals surface area contributed by atoms with Crippen LogP contribution in [0.15, 0.2) is 42.9 Å². The number of ether oxygens (including phenoxy) is 1. The Morgan fingerprint density at radius 1 is 1.10 bits per heavy atom. The summed E-state index contributed by atoms with van der Waals surface area (Å²) >= 11 is 0. The number of alkyl halides is 2. The van der Waals surface area contributed by atoms with Crippen LogP contribution in [0.25, 0.3) is 5.57 Å². The summed E-state index contributed by atoms with van der Waals surface area (Å²) in [6.45, 7) is 6.91. The van der Waals surface area contributed by atoms with Gasteiger partial charge in [-0.05, 0) is 54.3 Å². The first-order valence-electron chi connectivity index (χ1n) is 17.4. The molecule has 5 aliphatic rings. The van der Waals surface area contributed by atoms with E-state index in [1.165, 1.54) is 9.80 Å². The lowest BCUT2D eigenvalue weighted by Gasteiger charge is -2.46. The number of halogens is 2. The summed E-state index contributed by atoms with van der Waals surface area (Å²) in [6.07, 6.45) is 5.16. The predicted molar refractivity (Wildman–Crippen MR) is 183 cm³/mol. The maximum atomic E-state index is 14.2. The minimum absolute atomic E-state index is 0.120. The number of aliphatic hydroxyl groups excluding tert-OH is 1. The summed E-state index contributed by atoms with van der Waals surface area (Å²) in [7, 11) is 1.69. The normalized spacial score (nSPS) is 24.1. The summed E-state index contributed by atoms with van der Waals surface area (Å²) in [5, 5.41) is 14.0. The van der Waals surface area contributed by atoms with Crippen molar-refractivity contribution in [2.24, 2.45) is 0 Å². The molecule has 0 aromatic carbocycles. The number of fused-ring (bicyclic) bond motifs is 3. The van der Waals surface area contributed by atoms with Gasteiger partial charge in [0.05, 0.1) is 44.2 Å². The highest BCUT2D eigenvalue weighted by Crippen LogP contribution is 2.38. The highest BCUT2D eigenvalue weighted by molar-refractivity contribution is 6.06. The van der Waals surface area contributed by atoms with E-state index in [0.29, 0.717) is 59.2 Å². The molecule has 2 fully saturated rings. The van der Waals surface area contributed by atoms with E-state index in [9.17, 15) is 23.5 Å². The van der Waals surface area contributed by atoms with Gasteiger partial charge >= 0.3 is 0 Å². The summed E-state index contributed by atoms with van der Waals surface area (Å²) < 4.78 is 35.6. The van der Waals surface area contributed by atoms with Crippen LogP contribution in [0.1, 0.15) is 52.6 Å². The molecule has 50 heavy (non-hydrogen) atoms. The van der Waals surface area contributed by atoms with E-state index >= 15 is 0 Å². The second-order valence-electron chi connectivity index (χ2n) is 14.1. The Balaban J connectivity index is 0.990. The lowest BCUT2D eigenvalue weighted by molar-refractivity contribution is -0.128. The topological polar surface area (TPSA) is 119 Å². The van der Waals surface area contributed by atoms with E-state index in [-0.39, 0.29) is 44.2 Å². The molecular formula is C36H42F2N8O4. The minimum Gasteiger partial charge on any atom is -0.392 e. The second-order valence-corrected chi connectivity index (χ2v) is 14.1. The number of pyridine rings is 2. The molecule has 2 atom stereocenters. The zero-order chi connectivity index (χ0) is 34.7. The van der Waals surface area contributed by atoms with Gasteiger partial charge in [0.25, 0.3) is 11.8 Å². The summed E-state index contributed by atoms with van der Waals surface area (Å²) in [6, 6.07) is 7.70. The fourth-order valence-electron chi connectivity index (χ4n) is 8.12. The third kappa shape index (κ3) is 5.82. The van der Waals surface area contributed by atoms with Crippen LogP contribution in [0.2, 0.25) is 0 Å². The number of carbonyl (C=O) groups excluding carboxylic acids is 2. The number of amides is 2. The molecule has 8 rings (SSSR count). The molecule has 2 N–H and O–H groups in total. The molecule has 1 unspecified atom stereocenters. The lowest BCUT2D eigenvalue weighted by Crippen LogP contribution is -2.59. The predicted octanol–water partition coefficient (Wildman–Crippen LogP) is 3.15. The van der Waals surface area contributed by atoms with Crippen LogP contribution in [0.3, 0.4) is 0 Å². The molecule has 2 saturated heterocycles. The van der Waals surface area contributed by atoms with Crippen molar-refractivity contribution in [1.29, 1.82) is 0 Å². The van der Waals surface area contributed by atoms with Crippen LogP contribution in [0.4, 0.5) is 26.1 Å². The van der Waals surface area contributed by atoms with Gasteiger partial charge in [0.1, 0.15) is 23.4 Å². The van der Waals surface area contributed by atoms with Crippen molar-refractivity contribution >= 4 is 34.7 Å². The molecule has 264 valence electrons. The van der Waals surface area contributed by atoms with Gasteiger partial charge in [-0.25, -0.2) is 18.7 Å². The van der Waals surface area contributed by atoms with Crippen molar-refractivity contribution in [3.05, 3.63) is 70.9 Å². The Morgan fingerprint density at radius 3 is 2.66 bits per heavy atom. The molecule has 3 aromatic heterocycles. The number of aliphatic hydroxyl groups is 1. The van der Waals surface area contributed by atoms with Crippen molar-refractivity contribution in [2.75, 3.05) is 61.6 Å². The van der Waals surface area contributed by atoms with E-state index < -0.39 is 12.0 Å². The van der Waals surface area contributed by atoms with E-state index in [1.54, 1.807) is 36.1 Å². The quantitative estimate of drug-likeness (QED) is 0.386. The highest BCUT2D eigenvalue weighted by atomic mass is 19.3. The van der Waals surface area contributed by atoms with Crippen LogP contribution < -0.4 is 15.1 Å². The average Bonchev–Trinajstić information content (AvgIpc) is 3.44. The first-order valence-corrected chi connectivity index (χ1v) is 17.4. The van der Waals surface area contributed by atoms with Gasteiger partial charge < -0.3 is 29.5 Å². The molecule has 1 aliphatic carbocycles. The molecule has 0 saturated carbocycles. The van der Waals surface area contributed by atoms with Crippen molar-refractivity contribution in [3.63, 3.8) is 0 Å². The molecule has 14 heteroatoms. The molecule has 12 nitrogen and oxygen atoms in total. The Bertz CT molecular complexity index is 1840. The molecule has 7 heterocycles. The maximum absolute atomic E-state index is 14.2. The molecule has 0 bridgehead atoms. The molecule has 4 aliphatic heterocycles. The van der Waals surface area contributed by atoms with Gasteiger partial charge in [-0.3, -0.25) is 19.4 Å². The number of rotatable bonds is 7. The highest BCUT2D eigenvalue weighted by Gasteiger charge is 2.40. The van der Waals surface area contributed by atoms with Crippen molar-refractivity contribution in [2.45, 2.75) is 69.8 Å². The van der Waals surface area contributed by atoms with Crippen molar-refractivity contribution in [3.8, 4) is 0 Å². The zero-order valence-corrected chi connectivity index (χ0v) is 28.3. The van der Waals surface area contributed by atoms with E-state index in [0.717, 1.165) is 49.7 Å². The number of carbonyl (C=O) groups is 2. The Morgan fingerprint density at radius 2 is 1.94 bits per heavy atom. The Labute approximate surface area is 289 Å². The lowest BCUT2D eigenvalue weighted by atomic mass is 9.92. The molecule has 0 radical (unpaired) electrons. The van der Waals surface area contributed by atoms with Crippen LogP contribution in [0.5, 0.6) is 0 Å². The fraction of sp³-hybridized carbons (Fsp3) is 0.500. The standard InChI is InChI=1S/C36H42F2N8O4/c1-22-17-43(26-20-50-21-26)9-10-44(22)25-3-4-32(40-16-25)41-29-13-24(18-42(2)34(29)48)27-6-8-39-33(28(27)19-47)46-12-11-45-30(35(46)49)14-23-5-7-36(37,38)15-31(23)45/h3-4,6,8,14,16,18,22,26,29,47H,5,7,9-13,15,17,19-21H2,1-2H3,(H,40,41)/t22-,29?/m0/s1. The number of nitrogens with one attached hydrogen (secondary N) is 1. The monoisotopic (exact) mass is 688 g/mol. The molecule has 0 spiro atoms. The van der Waals surface area contributed by atoms with Crippen molar-refractivity contribution in [1.82, 2.24) is 24.3 Å². The van der Waals surface area contributed by atoms with Crippen LogP contribution in [0, 0.1) is 0 Å².